The Morgan fingerprint density at radius 3 is 2.11 bits per heavy atom. The largest absolute Gasteiger partial charge is 0.481 e. The van der Waals surface area contributed by atoms with Crippen LogP contribution in [0.1, 0.15) is 39.5 Å². The normalized spacial score (nSPS) is 11.1. The van der Waals surface area contributed by atoms with Crippen LogP contribution in [0.25, 0.3) is 0 Å². The Labute approximate surface area is 120 Å². The molecule has 1 N–H and O–H groups in total. The molecule has 0 amide bonds. The quantitative estimate of drug-likeness (QED) is 0.476. The molecular formula is C12H24O4S2. The van der Waals surface area contributed by atoms with Gasteiger partial charge in [0.05, 0.1) is 18.1 Å². The zero-order valence-corrected chi connectivity index (χ0v) is 12.9. The number of carbonyl (C=O) groups excluding carboxylic acids is 1. The molecule has 0 aliphatic carbocycles. The summed E-state index contributed by atoms with van der Waals surface area (Å²) in [4.78, 5) is 20.1. The molecule has 4 nitrogen and oxygen atoms in total. The first-order chi connectivity index (χ1) is 8.51. The second-order valence-corrected chi connectivity index (χ2v) is 4.44. The van der Waals surface area contributed by atoms with E-state index in [1.165, 1.54) is 12.8 Å². The van der Waals surface area contributed by atoms with Crippen molar-refractivity contribution in [2.24, 2.45) is 5.92 Å². The van der Waals surface area contributed by atoms with Gasteiger partial charge >= 0.3 is 11.9 Å². The summed E-state index contributed by atoms with van der Waals surface area (Å²) in [7, 11) is 0. The molecule has 6 heteroatoms. The van der Waals surface area contributed by atoms with Crippen molar-refractivity contribution in [1.82, 2.24) is 0 Å². The molecule has 0 aromatic carbocycles. The zero-order chi connectivity index (χ0) is 14.4. The number of thiol groups is 2. The van der Waals surface area contributed by atoms with Gasteiger partial charge in [0.25, 0.3) is 0 Å². The van der Waals surface area contributed by atoms with Crippen LogP contribution < -0.4 is 0 Å². The van der Waals surface area contributed by atoms with E-state index in [2.05, 4.69) is 39.1 Å². The topological polar surface area (TPSA) is 63.6 Å². The zero-order valence-electron chi connectivity index (χ0n) is 11.1. The highest BCUT2D eigenvalue weighted by Gasteiger charge is 2.08. The predicted molar refractivity (Wildman–Crippen MR) is 79.6 cm³/mol. The first-order valence-corrected chi connectivity index (χ1v) is 7.37. The summed E-state index contributed by atoms with van der Waals surface area (Å²) < 4.78 is 5.03. The Kier molecular flexibility index (Phi) is 16.3. The number of carbonyl (C=O) groups is 2. The molecule has 1 atom stereocenters. The lowest BCUT2D eigenvalue weighted by atomic mass is 10.0. The van der Waals surface area contributed by atoms with Crippen LogP contribution in [0.3, 0.4) is 0 Å². The second-order valence-electron chi connectivity index (χ2n) is 3.81. The molecule has 0 rings (SSSR count). The molecule has 0 radical (unpaired) electrons. The lowest BCUT2D eigenvalue weighted by Crippen LogP contribution is -2.14. The van der Waals surface area contributed by atoms with E-state index in [9.17, 15) is 9.59 Å². The minimum atomic E-state index is -0.881. The van der Waals surface area contributed by atoms with E-state index in [4.69, 9.17) is 9.84 Å². The first-order valence-electron chi connectivity index (χ1n) is 6.10. The van der Waals surface area contributed by atoms with Crippen molar-refractivity contribution in [3.63, 3.8) is 0 Å². The summed E-state index contributed by atoms with van der Waals surface area (Å²) in [5.74, 6) is -0.458. The maximum Gasteiger partial charge on any atom is 0.315 e. The Bertz CT molecular complexity index is 222. The Morgan fingerprint density at radius 1 is 1.22 bits per heavy atom. The molecule has 18 heavy (non-hydrogen) atoms. The third-order valence-electron chi connectivity index (χ3n) is 2.29. The fraction of sp³-hybridized carbons (Fsp3) is 0.833. The van der Waals surface area contributed by atoms with E-state index in [-0.39, 0.29) is 17.5 Å². The van der Waals surface area contributed by atoms with Crippen LogP contribution in [-0.2, 0) is 14.3 Å². The molecule has 0 aliphatic rings. The van der Waals surface area contributed by atoms with E-state index < -0.39 is 5.97 Å². The average molecular weight is 296 g/mol. The van der Waals surface area contributed by atoms with E-state index >= 15 is 0 Å². The van der Waals surface area contributed by atoms with Crippen LogP contribution >= 0.6 is 25.3 Å². The van der Waals surface area contributed by atoms with Gasteiger partial charge in [-0.15, -0.1) is 0 Å². The fourth-order valence-corrected chi connectivity index (χ4v) is 1.25. The summed E-state index contributed by atoms with van der Waals surface area (Å²) in [6.07, 6.45) is 4.67. The van der Waals surface area contributed by atoms with Gasteiger partial charge in [0.15, 0.2) is 0 Å². The molecule has 1 unspecified atom stereocenters. The summed E-state index contributed by atoms with van der Waals surface area (Å²) in [6.45, 7) is 4.87. The number of ether oxygens (including phenoxy) is 1. The van der Waals surface area contributed by atoms with Crippen LogP contribution in [0.4, 0.5) is 0 Å². The molecule has 0 fully saturated rings. The Balaban J connectivity index is 0. The van der Waals surface area contributed by atoms with Crippen molar-refractivity contribution in [2.45, 2.75) is 39.5 Å². The van der Waals surface area contributed by atoms with Crippen molar-refractivity contribution in [2.75, 3.05) is 18.1 Å². The standard InChI is InChI=1S/C10H20O2S.C2H4O2S/c1-3-5-6-9(4-2)7-12-10(11)8-13;3-2(4)1-5/h9,13H,3-8H2,1-2H3;5H,1H2,(H,3,4). The summed E-state index contributed by atoms with van der Waals surface area (Å²) in [6, 6.07) is 0. The number of hydrogen-bond donors (Lipinski definition) is 3. The number of aliphatic carboxylic acids is 1. The van der Waals surface area contributed by atoms with Gasteiger partial charge in [-0.2, -0.15) is 25.3 Å². The minimum Gasteiger partial charge on any atom is -0.481 e. The molecule has 108 valence electrons. The molecule has 0 bridgehead atoms. The molecule has 0 spiro atoms. The average Bonchev–Trinajstić information content (AvgIpc) is 2.39. The van der Waals surface area contributed by atoms with Crippen molar-refractivity contribution < 1.29 is 19.4 Å². The molecular weight excluding hydrogens is 272 g/mol. The van der Waals surface area contributed by atoms with Gasteiger partial charge in [-0.05, 0) is 12.3 Å². The van der Waals surface area contributed by atoms with Gasteiger partial charge in [0, 0.05) is 0 Å². The molecule has 0 saturated heterocycles. The summed E-state index contributed by atoms with van der Waals surface area (Å²) in [5.41, 5.74) is 0. The molecule has 0 aromatic heterocycles. The number of rotatable bonds is 8. The molecule has 0 aliphatic heterocycles. The van der Waals surface area contributed by atoms with Crippen LogP contribution in [0, 0.1) is 5.92 Å². The third kappa shape index (κ3) is 15.6. The SMILES string of the molecule is CCCCC(CC)COC(=O)CS.O=C(O)CS. The van der Waals surface area contributed by atoms with Gasteiger partial charge in [-0.3, -0.25) is 9.59 Å². The molecule has 0 heterocycles. The smallest absolute Gasteiger partial charge is 0.315 e. The number of carboxylic acids is 1. The van der Waals surface area contributed by atoms with Crippen molar-refractivity contribution in [3.8, 4) is 0 Å². The monoisotopic (exact) mass is 296 g/mol. The van der Waals surface area contributed by atoms with E-state index in [1.807, 2.05) is 0 Å². The van der Waals surface area contributed by atoms with Crippen LogP contribution in [0.2, 0.25) is 0 Å². The van der Waals surface area contributed by atoms with E-state index in [0.717, 1.165) is 12.8 Å². The van der Waals surface area contributed by atoms with Gasteiger partial charge in [0.1, 0.15) is 0 Å². The highest BCUT2D eigenvalue weighted by Crippen LogP contribution is 2.12. The maximum absolute atomic E-state index is 10.8. The number of unbranched alkanes of at least 4 members (excludes halogenated alkanes) is 1. The van der Waals surface area contributed by atoms with Gasteiger partial charge < -0.3 is 9.84 Å². The summed E-state index contributed by atoms with van der Waals surface area (Å²) in [5, 5.41) is 7.65. The molecule has 0 aromatic rings. The lowest BCUT2D eigenvalue weighted by molar-refractivity contribution is -0.142. The first kappa shape index (κ1) is 20.0. The van der Waals surface area contributed by atoms with Crippen molar-refractivity contribution >= 4 is 37.2 Å². The fourth-order valence-electron chi connectivity index (χ4n) is 1.15. The van der Waals surface area contributed by atoms with E-state index in [1.54, 1.807) is 0 Å². The van der Waals surface area contributed by atoms with Gasteiger partial charge in [0.2, 0.25) is 0 Å². The number of hydrogen-bond acceptors (Lipinski definition) is 5. The predicted octanol–water partition coefficient (Wildman–Crippen LogP) is 2.68. The summed E-state index contributed by atoms with van der Waals surface area (Å²) >= 11 is 7.26. The van der Waals surface area contributed by atoms with Crippen molar-refractivity contribution in [3.05, 3.63) is 0 Å². The van der Waals surface area contributed by atoms with Crippen molar-refractivity contribution in [1.29, 1.82) is 0 Å². The van der Waals surface area contributed by atoms with Gasteiger partial charge in [-0.1, -0.05) is 33.1 Å². The number of carboxylic acid groups (broad SMARTS) is 1. The highest BCUT2D eigenvalue weighted by molar-refractivity contribution is 7.81. The van der Waals surface area contributed by atoms with Crippen LogP contribution in [0.5, 0.6) is 0 Å². The van der Waals surface area contributed by atoms with Crippen LogP contribution in [-0.4, -0.2) is 35.2 Å². The number of esters is 1. The Morgan fingerprint density at radius 2 is 1.78 bits per heavy atom. The molecule has 0 saturated carbocycles. The second kappa shape index (κ2) is 14.7. The third-order valence-corrected chi connectivity index (χ3v) is 2.82. The Hall–Kier alpha value is -0.360. The van der Waals surface area contributed by atoms with Crippen LogP contribution in [0.15, 0.2) is 0 Å². The minimum absolute atomic E-state index is 0.0833. The van der Waals surface area contributed by atoms with E-state index in [0.29, 0.717) is 12.5 Å². The maximum atomic E-state index is 10.8. The van der Waals surface area contributed by atoms with Gasteiger partial charge in [-0.25, -0.2) is 0 Å². The lowest BCUT2D eigenvalue weighted by Gasteiger charge is -2.13. The highest BCUT2D eigenvalue weighted by atomic mass is 32.1.